The van der Waals surface area contributed by atoms with E-state index in [0.29, 0.717) is 11.6 Å². The van der Waals surface area contributed by atoms with Gasteiger partial charge in [0, 0.05) is 23.0 Å². The number of pyridine rings is 1. The molecule has 0 atom stereocenters. The Morgan fingerprint density at radius 2 is 1.04 bits per heavy atom. The number of hydrogen-bond acceptors (Lipinski definition) is 2. The third-order valence-corrected chi connectivity index (χ3v) is 13.8. The summed E-state index contributed by atoms with van der Waals surface area (Å²) in [6.45, 7) is 7.62. The zero-order valence-electron chi connectivity index (χ0n) is 71.2. The SMILES string of the molecule is [2H]c1cc(-c2c([2H])c(-c3c([2H])c([2H])c(C)c([2H])c3[2H])c([2H])c(-c3c([2H])c([2H])c([2H])c(-c4c([2H])c(-c5c([2H])c([2H])c([2H])c([2H])c5[2H])c([2H])c(-c5c([2H])c([2H])c([2H])c([2H])c5[2H])c4[2H])c3-[n+]3[c-]n(-c4cccc(Oc5ccc6c7ccccc7n(-c7cc(C(C)(C)C)ccn7)c6c5)c4)c4ccccc43)c2[2H])c([2H])c([2H])c1[2H]. The van der Waals surface area contributed by atoms with Gasteiger partial charge in [0.05, 0.1) is 70.5 Å². The smallest absolute Gasteiger partial charge is 0.269 e. The van der Waals surface area contributed by atoms with E-state index in [1.54, 1.807) is 54.7 Å². The highest BCUT2D eigenvalue weighted by Crippen LogP contribution is 2.42. The summed E-state index contributed by atoms with van der Waals surface area (Å²) in [6, 6.07) is 5.55. The molecule has 3 aromatic heterocycles. The Morgan fingerprint density at radius 1 is 0.463 bits per heavy atom. The first-order valence-corrected chi connectivity index (χ1v) is 25.9. The number of hydrogen-bond donors (Lipinski definition) is 0. The van der Waals surface area contributed by atoms with Gasteiger partial charge in [-0.15, -0.1) is 0 Å². The van der Waals surface area contributed by atoms with Crippen molar-refractivity contribution in [2.24, 2.45) is 0 Å². The number of aromatic nitrogens is 4. The van der Waals surface area contributed by atoms with Crippen LogP contribution in [0.3, 0.4) is 0 Å². The number of ether oxygens (including phenoxy) is 1. The molecule has 0 saturated carbocycles. The van der Waals surface area contributed by atoms with Crippen molar-refractivity contribution in [1.82, 2.24) is 14.1 Å². The first kappa shape index (κ1) is 28.7. The molecule has 3 heterocycles. The Labute approximate surface area is 516 Å². The molecule has 14 rings (SSSR count). The topological polar surface area (TPSA) is 35.9 Å². The van der Waals surface area contributed by atoms with Gasteiger partial charge in [-0.2, -0.15) is 0 Å². The van der Waals surface area contributed by atoms with Crippen LogP contribution in [0, 0.1) is 13.3 Å². The van der Waals surface area contributed by atoms with Crippen molar-refractivity contribution in [2.75, 3.05) is 0 Å². The van der Waals surface area contributed by atoms with Crippen LogP contribution in [0.15, 0.2) is 279 Å². The number of rotatable bonds is 11. The minimum Gasteiger partial charge on any atom is -0.458 e. The molecule has 392 valence electrons. The Kier molecular flexibility index (Phi) is 7.24. The molecule has 0 fully saturated rings. The lowest BCUT2D eigenvalue weighted by Crippen LogP contribution is -2.31. The Bertz CT molecular complexity index is 6190. The van der Waals surface area contributed by atoms with Gasteiger partial charge in [0.2, 0.25) is 0 Å². The summed E-state index contributed by atoms with van der Waals surface area (Å²) < 4.78 is 266. The van der Waals surface area contributed by atoms with Crippen molar-refractivity contribution in [3.8, 4) is 95.5 Å². The van der Waals surface area contributed by atoms with Gasteiger partial charge < -0.3 is 4.74 Å². The highest BCUT2D eigenvalue weighted by atomic mass is 16.5. The van der Waals surface area contributed by atoms with Gasteiger partial charge >= 0.3 is 0 Å². The summed E-state index contributed by atoms with van der Waals surface area (Å²) >= 11 is 0. The lowest BCUT2D eigenvalue weighted by Gasteiger charge is -2.20. The average Bonchev–Trinajstić information content (AvgIpc) is 1.61. The molecule has 5 nitrogen and oxygen atoms in total. The number of nitrogens with zero attached hydrogens (tertiary/aromatic N) is 4. The van der Waals surface area contributed by atoms with E-state index in [9.17, 15) is 21.9 Å². The zero-order chi connectivity index (χ0) is 78.8. The number of fused-ring (bicyclic) bond motifs is 4. The molecular weight excluding hydrogens is 997 g/mol. The molecule has 0 aliphatic carbocycles. The minimum absolute atomic E-state index is 0.0213. The van der Waals surface area contributed by atoms with E-state index in [1.165, 1.54) is 17.6 Å². The highest BCUT2D eigenvalue weighted by molar-refractivity contribution is 6.09. The van der Waals surface area contributed by atoms with Crippen LogP contribution in [0.4, 0.5) is 0 Å². The second kappa shape index (κ2) is 20.7. The van der Waals surface area contributed by atoms with Gasteiger partial charge in [-0.3, -0.25) is 13.7 Å². The molecule has 11 aromatic carbocycles. The van der Waals surface area contributed by atoms with Crippen LogP contribution in [0.5, 0.6) is 11.5 Å². The van der Waals surface area contributed by atoms with Crippen LogP contribution in [0.25, 0.3) is 117 Å². The van der Waals surface area contributed by atoms with Crippen LogP contribution in [-0.2, 0) is 5.41 Å². The van der Waals surface area contributed by atoms with E-state index in [2.05, 4.69) is 27.1 Å². The molecule has 5 heteroatoms. The molecule has 0 spiro atoms. The van der Waals surface area contributed by atoms with E-state index in [-0.39, 0.29) is 33.4 Å². The Hall–Kier alpha value is -10.4. The first-order chi connectivity index (χ1) is 51.4. The van der Waals surface area contributed by atoms with Crippen molar-refractivity contribution >= 4 is 32.8 Å². The molecule has 0 bridgehead atoms. The predicted octanol–water partition coefficient (Wildman–Crippen LogP) is 19.6. The molecule has 14 aromatic rings. The second-order valence-electron chi connectivity index (χ2n) is 20.1. The van der Waals surface area contributed by atoms with Crippen molar-refractivity contribution in [2.45, 2.75) is 33.1 Å². The summed E-state index contributed by atoms with van der Waals surface area (Å²) in [7, 11) is 0. The van der Waals surface area contributed by atoms with Crippen LogP contribution in [-0.4, -0.2) is 14.1 Å². The molecule has 0 unspecified atom stereocenters. The maximum atomic E-state index is 10.5. The summed E-state index contributed by atoms with van der Waals surface area (Å²) in [6.07, 6.45) is 5.04. The predicted molar refractivity (Wildman–Crippen MR) is 338 cm³/mol. The molecule has 0 saturated heterocycles. The molecule has 0 aliphatic heterocycles. The normalized spacial score (nSPS) is 16.3. The Balaban J connectivity index is 1.14. The third kappa shape index (κ3) is 9.42. The third-order valence-electron chi connectivity index (χ3n) is 13.8. The monoisotopic (exact) mass is 1080 g/mol. The summed E-state index contributed by atoms with van der Waals surface area (Å²) in [4.78, 5) is 4.82. The lowest BCUT2D eigenvalue weighted by molar-refractivity contribution is -0.571. The van der Waals surface area contributed by atoms with Crippen molar-refractivity contribution in [3.63, 3.8) is 0 Å². The molecular formula is C77H58N4O. The maximum absolute atomic E-state index is 10.5. The number of para-hydroxylation sites is 4. The van der Waals surface area contributed by atoms with Gasteiger partial charge in [0.1, 0.15) is 17.3 Å². The molecule has 0 N–H and O–H groups in total. The number of imidazole rings is 1. The summed E-state index contributed by atoms with van der Waals surface area (Å²) in [5.41, 5.74) is -7.98. The van der Waals surface area contributed by atoms with Crippen LogP contribution in [0.1, 0.15) is 68.9 Å². The average molecular weight is 1080 g/mol. The van der Waals surface area contributed by atoms with E-state index in [0.717, 1.165) is 38.0 Å². The zero-order valence-corrected chi connectivity index (χ0v) is 44.2. The summed E-state index contributed by atoms with van der Waals surface area (Å²) in [5, 5.41) is 1.85. The standard InChI is InChI=1S/C77H58N4O/c1-52-34-36-56(37-35-52)60-43-59(55-24-12-7-13-25-55)46-62(47-60)68-30-19-29-67(61-44-57(53-20-8-5-9-21-53)42-58(45-61)54-22-10-6-11-23-54)76(68)80-51-79(72-32-16-17-33-73(72)80)64-26-18-27-65(49-64)82-66-38-39-70-69-28-14-15-31-71(69)81(74(70)50-66)75-48-63(40-41-78-75)77(2,3)4/h5-50H,1-4H3/i5D,6D,7D,8D,9D,10D,11D,12D,13D,19D,20D,21D,22D,23D,24D,29D,30D,34D,35D,36D,37D,42D,43D,44D,45D,46D,47D. The highest BCUT2D eigenvalue weighted by Gasteiger charge is 2.23. The molecule has 82 heavy (non-hydrogen) atoms. The van der Waals surface area contributed by atoms with Gasteiger partial charge in [-0.25, -0.2) is 4.98 Å². The van der Waals surface area contributed by atoms with E-state index in [4.69, 9.17) is 24.8 Å². The van der Waals surface area contributed by atoms with Crippen molar-refractivity contribution in [1.29, 1.82) is 0 Å². The fraction of sp³-hybridized carbons (Fsp3) is 0.0649. The van der Waals surface area contributed by atoms with Gasteiger partial charge in [0.25, 0.3) is 6.33 Å². The largest absolute Gasteiger partial charge is 0.458 e. The lowest BCUT2D eigenvalue weighted by atomic mass is 9.88. The van der Waals surface area contributed by atoms with Crippen LogP contribution >= 0.6 is 0 Å². The van der Waals surface area contributed by atoms with Crippen molar-refractivity contribution in [3.05, 3.63) is 296 Å². The molecule has 0 radical (unpaired) electrons. The van der Waals surface area contributed by atoms with Crippen molar-refractivity contribution < 1.29 is 46.3 Å². The van der Waals surface area contributed by atoms with Gasteiger partial charge in [0.15, 0.2) is 0 Å². The van der Waals surface area contributed by atoms with E-state index in [1.807, 2.05) is 53.1 Å². The second-order valence-corrected chi connectivity index (χ2v) is 20.1. The van der Waals surface area contributed by atoms with Crippen LogP contribution in [0.2, 0.25) is 0 Å². The minimum atomic E-state index is -1.14. The van der Waals surface area contributed by atoms with Gasteiger partial charge in [-0.1, -0.05) is 208 Å². The van der Waals surface area contributed by atoms with E-state index < -0.39 is 236 Å². The summed E-state index contributed by atoms with van der Waals surface area (Å²) in [5.74, 6) is 1.29. The number of benzene rings is 11. The van der Waals surface area contributed by atoms with Gasteiger partial charge in [-0.05, 0) is 169 Å². The fourth-order valence-electron chi connectivity index (χ4n) is 9.85. The quantitative estimate of drug-likeness (QED) is 0.0956. The Morgan fingerprint density at radius 3 is 1.72 bits per heavy atom. The molecule has 0 amide bonds. The van der Waals surface area contributed by atoms with Crippen LogP contribution < -0.4 is 9.30 Å². The maximum Gasteiger partial charge on any atom is 0.269 e. The van der Waals surface area contributed by atoms with E-state index >= 15 is 0 Å². The fourth-order valence-corrected chi connectivity index (χ4v) is 9.85. The first-order valence-electron chi connectivity index (χ1n) is 39.4. The molecule has 0 aliphatic rings.